The van der Waals surface area contributed by atoms with Crippen LogP contribution in [0.15, 0.2) is 28.0 Å². The molecule has 0 atom stereocenters. The number of halogens is 3. The first-order valence-corrected chi connectivity index (χ1v) is 8.98. The molecule has 11 heteroatoms. The smallest absolute Gasteiger partial charge is 0.418 e. The second-order valence-electron chi connectivity index (χ2n) is 5.81. The fraction of sp³-hybridized carbons (Fsp3) is 0.333. The minimum atomic E-state index is -5.17. The van der Waals surface area contributed by atoms with Crippen molar-refractivity contribution in [3.8, 4) is 0 Å². The summed E-state index contributed by atoms with van der Waals surface area (Å²) < 4.78 is 67.5. The van der Waals surface area contributed by atoms with Crippen molar-refractivity contribution < 1.29 is 31.5 Å². The highest BCUT2D eigenvalue weighted by Crippen LogP contribution is 2.39. The molecular weight excluding hydrogens is 377 g/mol. The highest BCUT2D eigenvalue weighted by molar-refractivity contribution is 7.89. The van der Waals surface area contributed by atoms with Crippen molar-refractivity contribution in [3.05, 3.63) is 39.7 Å². The molecule has 1 aliphatic rings. The van der Waals surface area contributed by atoms with Gasteiger partial charge in [0.1, 0.15) is 5.56 Å². The van der Waals surface area contributed by atoms with Crippen LogP contribution in [0.5, 0.6) is 0 Å². The van der Waals surface area contributed by atoms with Gasteiger partial charge in [0.2, 0.25) is 15.5 Å². The van der Waals surface area contributed by atoms with Crippen LogP contribution in [-0.4, -0.2) is 41.9 Å². The molecule has 0 radical (unpaired) electrons. The summed E-state index contributed by atoms with van der Waals surface area (Å²) in [5, 5.41) is 7.99. The number of benzene rings is 1. The summed E-state index contributed by atoms with van der Waals surface area (Å²) in [7, 11) is -4.48. The number of aromatic amines is 1. The van der Waals surface area contributed by atoms with E-state index in [1.807, 2.05) is 0 Å². The van der Waals surface area contributed by atoms with Crippen LogP contribution in [-0.2, 0) is 16.2 Å². The van der Waals surface area contributed by atoms with Gasteiger partial charge >= 0.3 is 12.1 Å². The molecule has 140 valence electrons. The van der Waals surface area contributed by atoms with E-state index in [-0.39, 0.29) is 18.6 Å². The number of hydrogen-bond acceptors (Lipinski definition) is 4. The monoisotopic (exact) mass is 390 g/mol. The Morgan fingerprint density at radius 2 is 1.81 bits per heavy atom. The topological polar surface area (TPSA) is 108 Å². The molecule has 0 spiro atoms. The van der Waals surface area contributed by atoms with Crippen LogP contribution in [0, 0.1) is 0 Å². The van der Waals surface area contributed by atoms with Gasteiger partial charge < -0.3 is 10.1 Å². The van der Waals surface area contributed by atoms with E-state index in [1.54, 1.807) is 0 Å². The standard InChI is InChI=1S/C15H13F3N2O5S/c16-15(17,18)12-10(26(24,25)20-5-1-2-6-20)4-3-9-11(12)13(21)8(7-19-9)14(22)23/h3-4,7H,1-2,5-6H2,(H,19,21)(H,22,23). The van der Waals surface area contributed by atoms with Crippen molar-refractivity contribution in [2.24, 2.45) is 0 Å². The number of hydrogen-bond donors (Lipinski definition) is 2. The van der Waals surface area contributed by atoms with Gasteiger partial charge in [-0.3, -0.25) is 4.79 Å². The average molecular weight is 390 g/mol. The number of pyridine rings is 1. The van der Waals surface area contributed by atoms with E-state index in [4.69, 9.17) is 5.11 Å². The maximum Gasteiger partial charge on any atom is 0.418 e. The number of fused-ring (bicyclic) bond motifs is 1. The average Bonchev–Trinajstić information content (AvgIpc) is 3.08. The van der Waals surface area contributed by atoms with Crippen LogP contribution in [0.1, 0.15) is 28.8 Å². The van der Waals surface area contributed by atoms with Crippen molar-refractivity contribution >= 4 is 26.9 Å². The molecule has 1 aromatic heterocycles. The lowest BCUT2D eigenvalue weighted by Gasteiger charge is -2.20. The predicted molar refractivity (Wildman–Crippen MR) is 84.5 cm³/mol. The van der Waals surface area contributed by atoms with Gasteiger partial charge in [0, 0.05) is 19.3 Å². The first kappa shape index (κ1) is 18.4. The van der Waals surface area contributed by atoms with Crippen molar-refractivity contribution in [2.75, 3.05) is 13.1 Å². The number of carboxylic acids is 1. The maximum absolute atomic E-state index is 13.7. The molecule has 0 saturated carbocycles. The molecular formula is C15H13F3N2O5S. The lowest BCUT2D eigenvalue weighted by molar-refractivity contribution is -0.138. The number of nitrogens with zero attached hydrogens (tertiary/aromatic N) is 1. The number of aromatic nitrogens is 1. The molecule has 0 aliphatic carbocycles. The molecule has 1 aromatic carbocycles. The first-order valence-electron chi connectivity index (χ1n) is 7.54. The van der Waals surface area contributed by atoms with Crippen molar-refractivity contribution in [1.82, 2.24) is 9.29 Å². The molecule has 1 aliphatic heterocycles. The number of sulfonamides is 1. The summed E-state index contributed by atoms with van der Waals surface area (Å²) in [6, 6.07) is 1.82. The largest absolute Gasteiger partial charge is 0.477 e. The second-order valence-corrected chi connectivity index (χ2v) is 7.71. The molecule has 0 bridgehead atoms. The summed E-state index contributed by atoms with van der Waals surface area (Å²) in [6.07, 6.45) is -3.34. The minimum absolute atomic E-state index is 0.0865. The van der Waals surface area contributed by atoms with Gasteiger partial charge in [0.05, 0.1) is 21.4 Å². The summed E-state index contributed by atoms with van der Waals surface area (Å²) in [5.41, 5.74) is -4.24. The minimum Gasteiger partial charge on any atom is -0.477 e. The third-order valence-corrected chi connectivity index (χ3v) is 6.15. The zero-order chi connectivity index (χ0) is 19.3. The zero-order valence-corrected chi connectivity index (χ0v) is 13.9. The molecule has 2 aromatic rings. The third kappa shape index (κ3) is 2.86. The van der Waals surface area contributed by atoms with Crippen molar-refractivity contribution in [2.45, 2.75) is 23.9 Å². The number of H-pyrrole nitrogens is 1. The Hall–Kier alpha value is -2.40. The Morgan fingerprint density at radius 1 is 1.19 bits per heavy atom. The maximum atomic E-state index is 13.7. The fourth-order valence-electron chi connectivity index (χ4n) is 3.01. The summed E-state index contributed by atoms with van der Waals surface area (Å²) in [6.45, 7) is 0.173. The van der Waals surface area contributed by atoms with Gasteiger partial charge in [-0.1, -0.05) is 0 Å². The Bertz CT molecular complexity index is 1050. The molecule has 0 unspecified atom stereocenters. The molecule has 7 nitrogen and oxygen atoms in total. The van der Waals surface area contributed by atoms with E-state index in [2.05, 4.69) is 4.98 Å². The van der Waals surface area contributed by atoms with Gasteiger partial charge in [0.25, 0.3) is 0 Å². The molecule has 1 saturated heterocycles. The van der Waals surface area contributed by atoms with Crippen LogP contribution in [0.4, 0.5) is 13.2 Å². The third-order valence-electron chi connectivity index (χ3n) is 4.21. The fourth-order valence-corrected chi connectivity index (χ4v) is 4.75. The van der Waals surface area contributed by atoms with Crippen LogP contribution >= 0.6 is 0 Å². The molecule has 0 amide bonds. The highest BCUT2D eigenvalue weighted by Gasteiger charge is 2.42. The van der Waals surface area contributed by atoms with Crippen LogP contribution in [0.2, 0.25) is 0 Å². The Labute approximate surface area is 145 Å². The number of aromatic carboxylic acids is 1. The first-order chi connectivity index (χ1) is 12.0. The highest BCUT2D eigenvalue weighted by atomic mass is 32.2. The normalized spacial score (nSPS) is 16.3. The number of rotatable bonds is 3. The molecule has 3 rings (SSSR count). The van der Waals surface area contributed by atoms with Gasteiger partial charge in [-0.05, 0) is 25.0 Å². The molecule has 26 heavy (non-hydrogen) atoms. The zero-order valence-electron chi connectivity index (χ0n) is 13.1. The molecule has 2 heterocycles. The van der Waals surface area contributed by atoms with Crippen LogP contribution in [0.25, 0.3) is 10.9 Å². The summed E-state index contributed by atoms with van der Waals surface area (Å²) in [4.78, 5) is 24.7. The summed E-state index contributed by atoms with van der Waals surface area (Å²) >= 11 is 0. The quantitative estimate of drug-likeness (QED) is 0.834. The van der Waals surface area contributed by atoms with E-state index in [1.165, 1.54) is 0 Å². The van der Waals surface area contributed by atoms with E-state index in [0.717, 1.165) is 22.6 Å². The van der Waals surface area contributed by atoms with E-state index in [0.29, 0.717) is 12.8 Å². The van der Waals surface area contributed by atoms with Gasteiger partial charge in [-0.25, -0.2) is 13.2 Å². The number of alkyl halides is 3. The Balaban J connectivity index is 2.43. The molecule has 2 N–H and O–H groups in total. The van der Waals surface area contributed by atoms with Gasteiger partial charge in [-0.2, -0.15) is 17.5 Å². The summed E-state index contributed by atoms with van der Waals surface area (Å²) in [5.74, 6) is -1.71. The van der Waals surface area contributed by atoms with Crippen molar-refractivity contribution in [1.29, 1.82) is 0 Å². The number of carboxylic acid groups (broad SMARTS) is 1. The lowest BCUT2D eigenvalue weighted by Crippen LogP contribution is -2.30. The van der Waals surface area contributed by atoms with Gasteiger partial charge in [-0.15, -0.1) is 0 Å². The lowest BCUT2D eigenvalue weighted by atomic mass is 10.1. The van der Waals surface area contributed by atoms with E-state index in [9.17, 15) is 31.2 Å². The van der Waals surface area contributed by atoms with Gasteiger partial charge in [0.15, 0.2) is 0 Å². The second kappa shape index (κ2) is 6.09. The van der Waals surface area contributed by atoms with E-state index < -0.39 is 49.0 Å². The van der Waals surface area contributed by atoms with Crippen molar-refractivity contribution in [3.63, 3.8) is 0 Å². The SMILES string of the molecule is O=C(O)c1c[nH]c2ccc(S(=O)(=O)N3CCCC3)c(C(F)(F)F)c2c1=O. The number of nitrogens with one attached hydrogen (secondary N) is 1. The van der Waals surface area contributed by atoms with E-state index >= 15 is 0 Å². The Morgan fingerprint density at radius 3 is 2.35 bits per heavy atom. The van der Waals surface area contributed by atoms with Crippen LogP contribution < -0.4 is 5.43 Å². The molecule has 1 fully saturated rings. The Kier molecular flexibility index (Phi) is 4.31. The number of carbonyl (C=O) groups is 1. The van der Waals surface area contributed by atoms with Crippen LogP contribution in [0.3, 0.4) is 0 Å². The predicted octanol–water partition coefficient (Wildman–Crippen LogP) is 2.03.